The van der Waals surface area contributed by atoms with Gasteiger partial charge in [0.2, 0.25) is 21.9 Å². The SMILES string of the molecule is CCCCC1(N(C)C)CCN(c2nccc(OCC3CCCCN3S(=O)(=O)c3c(C)cc(OC)cc3C)n2)CC1. The molecule has 10 heteroatoms. The molecule has 2 aromatic rings. The zero-order chi connectivity index (χ0) is 28.9. The lowest BCUT2D eigenvalue weighted by atomic mass is 9.82. The van der Waals surface area contributed by atoms with Crippen molar-refractivity contribution in [3.8, 4) is 11.6 Å². The largest absolute Gasteiger partial charge is 0.497 e. The predicted molar refractivity (Wildman–Crippen MR) is 159 cm³/mol. The summed E-state index contributed by atoms with van der Waals surface area (Å²) in [6, 6.07) is 5.07. The van der Waals surface area contributed by atoms with Gasteiger partial charge < -0.3 is 19.3 Å². The third-order valence-corrected chi connectivity index (χ3v) is 11.0. The Kier molecular flexibility index (Phi) is 9.95. The molecule has 2 aliphatic rings. The average Bonchev–Trinajstić information content (AvgIpc) is 2.95. The van der Waals surface area contributed by atoms with Gasteiger partial charge in [0.15, 0.2) is 0 Å². The molecule has 0 spiro atoms. The van der Waals surface area contributed by atoms with E-state index in [1.807, 2.05) is 13.8 Å². The van der Waals surface area contributed by atoms with E-state index >= 15 is 0 Å². The molecule has 40 heavy (non-hydrogen) atoms. The molecule has 4 rings (SSSR count). The van der Waals surface area contributed by atoms with E-state index in [0.717, 1.165) is 45.2 Å². The second kappa shape index (κ2) is 13.0. The van der Waals surface area contributed by atoms with Crippen molar-refractivity contribution in [2.24, 2.45) is 0 Å². The summed E-state index contributed by atoms with van der Waals surface area (Å²) >= 11 is 0. The van der Waals surface area contributed by atoms with Crippen molar-refractivity contribution in [1.82, 2.24) is 19.2 Å². The summed E-state index contributed by atoms with van der Waals surface area (Å²) in [5.41, 5.74) is 1.62. The quantitative estimate of drug-likeness (QED) is 0.378. The number of ether oxygens (including phenoxy) is 2. The van der Waals surface area contributed by atoms with Crippen molar-refractivity contribution in [1.29, 1.82) is 0 Å². The topological polar surface area (TPSA) is 88.1 Å². The number of hydrogen-bond acceptors (Lipinski definition) is 8. The van der Waals surface area contributed by atoms with Crippen molar-refractivity contribution in [3.05, 3.63) is 35.5 Å². The fraction of sp³-hybridized carbons (Fsp3) is 0.667. The summed E-state index contributed by atoms with van der Waals surface area (Å²) < 4.78 is 40.9. The number of unbranched alkanes of at least 4 members (excludes halogenated alkanes) is 1. The fourth-order valence-electron chi connectivity index (χ4n) is 6.31. The van der Waals surface area contributed by atoms with Crippen LogP contribution in [0.5, 0.6) is 11.6 Å². The van der Waals surface area contributed by atoms with Gasteiger partial charge in [-0.2, -0.15) is 9.29 Å². The van der Waals surface area contributed by atoms with Crippen LogP contribution in [0, 0.1) is 13.8 Å². The highest BCUT2D eigenvalue weighted by Gasteiger charge is 2.37. The summed E-state index contributed by atoms with van der Waals surface area (Å²) in [5, 5.41) is 0. The van der Waals surface area contributed by atoms with E-state index in [1.165, 1.54) is 19.3 Å². The van der Waals surface area contributed by atoms with Crippen LogP contribution in [0.25, 0.3) is 0 Å². The van der Waals surface area contributed by atoms with Crippen molar-refractivity contribution in [2.45, 2.75) is 88.6 Å². The molecule has 0 bridgehead atoms. The number of sulfonamides is 1. The van der Waals surface area contributed by atoms with E-state index in [-0.39, 0.29) is 18.2 Å². The number of benzene rings is 1. The van der Waals surface area contributed by atoms with Crippen molar-refractivity contribution >= 4 is 16.0 Å². The molecule has 0 N–H and O–H groups in total. The second-order valence-electron chi connectivity index (χ2n) is 11.6. The lowest BCUT2D eigenvalue weighted by molar-refractivity contribution is 0.103. The maximum atomic E-state index is 13.9. The smallest absolute Gasteiger partial charge is 0.243 e. The van der Waals surface area contributed by atoms with E-state index in [2.05, 4.69) is 35.8 Å². The van der Waals surface area contributed by atoms with Crippen molar-refractivity contribution < 1.29 is 17.9 Å². The number of aromatic nitrogens is 2. The van der Waals surface area contributed by atoms with Gasteiger partial charge in [0, 0.05) is 37.4 Å². The molecule has 1 aromatic heterocycles. The summed E-state index contributed by atoms with van der Waals surface area (Å²) in [6.07, 6.45) is 10.1. The van der Waals surface area contributed by atoms with Gasteiger partial charge in [0.1, 0.15) is 12.4 Å². The van der Waals surface area contributed by atoms with Crippen LogP contribution in [0.1, 0.15) is 69.4 Å². The third-order valence-electron chi connectivity index (χ3n) is 8.77. The first kappa shape index (κ1) is 30.5. The highest BCUT2D eigenvalue weighted by molar-refractivity contribution is 7.89. The first-order valence-corrected chi connectivity index (χ1v) is 16.1. The zero-order valence-electron chi connectivity index (χ0n) is 25.1. The average molecular weight is 574 g/mol. The second-order valence-corrected chi connectivity index (χ2v) is 13.4. The zero-order valence-corrected chi connectivity index (χ0v) is 26.0. The predicted octanol–water partition coefficient (Wildman–Crippen LogP) is 4.82. The molecule has 1 unspecified atom stereocenters. The number of methoxy groups -OCH3 is 1. The Hall–Kier alpha value is -2.43. The summed E-state index contributed by atoms with van der Waals surface area (Å²) in [4.78, 5) is 14.3. The van der Waals surface area contributed by atoms with Crippen LogP contribution in [0.4, 0.5) is 5.95 Å². The summed E-state index contributed by atoms with van der Waals surface area (Å²) in [5.74, 6) is 1.83. The molecule has 0 saturated carbocycles. The van der Waals surface area contributed by atoms with E-state index in [4.69, 9.17) is 14.5 Å². The monoisotopic (exact) mass is 573 g/mol. The highest BCUT2D eigenvalue weighted by atomic mass is 32.2. The molecule has 2 aliphatic heterocycles. The van der Waals surface area contributed by atoms with E-state index in [1.54, 1.807) is 35.8 Å². The number of anilines is 1. The number of nitrogens with zero attached hydrogens (tertiary/aromatic N) is 5. The van der Waals surface area contributed by atoms with Crippen molar-refractivity contribution in [3.63, 3.8) is 0 Å². The van der Waals surface area contributed by atoms with Crippen LogP contribution < -0.4 is 14.4 Å². The number of hydrogen-bond donors (Lipinski definition) is 0. The molecule has 222 valence electrons. The van der Waals surface area contributed by atoms with Crippen LogP contribution in [0.3, 0.4) is 0 Å². The Morgan fingerprint density at radius 1 is 1.10 bits per heavy atom. The van der Waals surface area contributed by atoms with Crippen LogP contribution in [-0.4, -0.2) is 86.6 Å². The van der Waals surface area contributed by atoms with Crippen LogP contribution in [-0.2, 0) is 10.0 Å². The Bertz CT molecular complexity index is 1220. The summed E-state index contributed by atoms with van der Waals surface area (Å²) in [6.45, 7) is 8.45. The van der Waals surface area contributed by atoms with Crippen LogP contribution in [0.2, 0.25) is 0 Å². The fourth-order valence-corrected chi connectivity index (χ4v) is 8.40. The molecule has 2 saturated heterocycles. The minimum atomic E-state index is -3.70. The van der Waals surface area contributed by atoms with E-state index in [9.17, 15) is 8.42 Å². The van der Waals surface area contributed by atoms with Gasteiger partial charge in [-0.1, -0.05) is 26.2 Å². The molecule has 0 aliphatic carbocycles. The van der Waals surface area contributed by atoms with Gasteiger partial charge in [-0.25, -0.2) is 13.4 Å². The maximum Gasteiger partial charge on any atom is 0.243 e. The normalized spacial score (nSPS) is 20.1. The molecule has 3 heterocycles. The standard InChI is InChI=1S/C30H47N5O4S/c1-7-8-13-30(33(4)5)14-18-34(19-15-30)29-31-16-12-27(32-29)39-22-25-11-9-10-17-35(25)40(36,37)28-23(2)20-26(38-6)21-24(28)3/h12,16,20-21,25H,7-11,13-15,17-19,22H2,1-6H3. The van der Waals surface area contributed by atoms with Gasteiger partial charge in [-0.05, 0) is 83.3 Å². The molecular formula is C30H47N5O4S. The lowest BCUT2D eigenvalue weighted by Crippen LogP contribution is -2.53. The third kappa shape index (κ3) is 6.55. The number of piperidine rings is 2. The molecule has 9 nitrogen and oxygen atoms in total. The lowest BCUT2D eigenvalue weighted by Gasteiger charge is -2.46. The Labute approximate surface area is 240 Å². The molecule has 2 fully saturated rings. The van der Waals surface area contributed by atoms with E-state index in [0.29, 0.717) is 40.1 Å². The van der Waals surface area contributed by atoms with Gasteiger partial charge in [0.25, 0.3) is 0 Å². The minimum absolute atomic E-state index is 0.233. The number of rotatable bonds is 11. The van der Waals surface area contributed by atoms with Gasteiger partial charge in [-0.15, -0.1) is 0 Å². The van der Waals surface area contributed by atoms with Gasteiger partial charge >= 0.3 is 0 Å². The minimum Gasteiger partial charge on any atom is -0.497 e. The van der Waals surface area contributed by atoms with E-state index < -0.39 is 10.0 Å². The van der Waals surface area contributed by atoms with Gasteiger partial charge in [-0.3, -0.25) is 0 Å². The maximum absolute atomic E-state index is 13.9. The molecule has 0 amide bonds. The summed E-state index contributed by atoms with van der Waals surface area (Å²) in [7, 11) is 2.29. The number of aryl methyl sites for hydroxylation is 2. The Balaban J connectivity index is 1.44. The Morgan fingerprint density at radius 2 is 1.80 bits per heavy atom. The molecule has 1 atom stereocenters. The van der Waals surface area contributed by atoms with Gasteiger partial charge in [0.05, 0.1) is 18.0 Å². The molecular weight excluding hydrogens is 526 g/mol. The Morgan fingerprint density at radius 3 is 2.42 bits per heavy atom. The first-order chi connectivity index (χ1) is 19.1. The molecule has 0 radical (unpaired) electrons. The van der Waals surface area contributed by atoms with Crippen LogP contribution in [0.15, 0.2) is 29.3 Å². The highest BCUT2D eigenvalue weighted by Crippen LogP contribution is 2.34. The van der Waals surface area contributed by atoms with Crippen LogP contribution >= 0.6 is 0 Å². The molecule has 1 aromatic carbocycles. The van der Waals surface area contributed by atoms with Crippen molar-refractivity contribution in [2.75, 3.05) is 52.3 Å². The first-order valence-electron chi connectivity index (χ1n) is 14.7.